The lowest BCUT2D eigenvalue weighted by Crippen LogP contribution is -2.60. The molecule has 2 atom stereocenters. The minimum absolute atomic E-state index is 0.123. The van der Waals surface area contributed by atoms with Crippen molar-refractivity contribution in [1.29, 1.82) is 0 Å². The first kappa shape index (κ1) is 14.2. The van der Waals surface area contributed by atoms with Gasteiger partial charge in [-0.2, -0.15) is 0 Å². The zero-order chi connectivity index (χ0) is 12.9. The van der Waals surface area contributed by atoms with Crippen molar-refractivity contribution in [2.75, 3.05) is 26.7 Å². The molecule has 1 heterocycles. The van der Waals surface area contributed by atoms with Gasteiger partial charge in [0.15, 0.2) is 0 Å². The van der Waals surface area contributed by atoms with Gasteiger partial charge in [-0.3, -0.25) is 10.1 Å². The molecule has 0 spiro atoms. The van der Waals surface area contributed by atoms with Crippen LogP contribution in [-0.2, 0) is 9.53 Å². The predicted molar refractivity (Wildman–Crippen MR) is 68.9 cm³/mol. The van der Waals surface area contributed by atoms with Crippen LogP contribution < -0.4 is 5.32 Å². The first-order chi connectivity index (χ1) is 8.05. The minimum Gasteiger partial charge on any atom is -0.465 e. The molecule has 0 aromatic carbocycles. The topological polar surface area (TPSA) is 41.6 Å². The Labute approximate surface area is 104 Å². The zero-order valence-corrected chi connectivity index (χ0v) is 11.2. The van der Waals surface area contributed by atoms with Crippen LogP contribution in [0.2, 0.25) is 0 Å². The van der Waals surface area contributed by atoms with Crippen LogP contribution in [0.25, 0.3) is 0 Å². The number of rotatable bonds is 5. The fraction of sp³-hybridized carbons (Fsp3) is 0.769. The molecule has 0 aliphatic carbocycles. The summed E-state index contributed by atoms with van der Waals surface area (Å²) in [5.41, 5.74) is -0.532. The summed E-state index contributed by atoms with van der Waals surface area (Å²) in [5.74, 6) is -0.123. The maximum absolute atomic E-state index is 12.1. The molecule has 1 fully saturated rings. The van der Waals surface area contributed by atoms with Gasteiger partial charge in [-0.15, -0.1) is 6.58 Å². The van der Waals surface area contributed by atoms with Crippen molar-refractivity contribution in [3.8, 4) is 0 Å². The third-order valence-corrected chi connectivity index (χ3v) is 3.54. The summed E-state index contributed by atoms with van der Waals surface area (Å²) >= 11 is 0. The average Bonchev–Trinajstić information content (AvgIpc) is 2.31. The van der Waals surface area contributed by atoms with Gasteiger partial charge in [-0.25, -0.2) is 0 Å². The lowest BCUT2D eigenvalue weighted by atomic mass is 9.83. The van der Waals surface area contributed by atoms with Crippen molar-refractivity contribution in [2.24, 2.45) is 0 Å². The van der Waals surface area contributed by atoms with Gasteiger partial charge in [0, 0.05) is 19.1 Å². The summed E-state index contributed by atoms with van der Waals surface area (Å²) in [7, 11) is 2.09. The molecule has 0 bridgehead atoms. The maximum atomic E-state index is 12.1. The monoisotopic (exact) mass is 240 g/mol. The summed E-state index contributed by atoms with van der Waals surface area (Å²) < 4.78 is 5.21. The molecule has 0 saturated carbocycles. The summed E-state index contributed by atoms with van der Waals surface area (Å²) in [6, 6.07) is 0.380. The van der Waals surface area contributed by atoms with Crippen LogP contribution in [0.1, 0.15) is 26.7 Å². The van der Waals surface area contributed by atoms with Crippen molar-refractivity contribution in [1.82, 2.24) is 10.2 Å². The van der Waals surface area contributed by atoms with E-state index in [4.69, 9.17) is 4.74 Å². The van der Waals surface area contributed by atoms with E-state index in [9.17, 15) is 4.79 Å². The van der Waals surface area contributed by atoms with Crippen LogP contribution in [0.5, 0.6) is 0 Å². The van der Waals surface area contributed by atoms with E-state index >= 15 is 0 Å². The van der Waals surface area contributed by atoms with Gasteiger partial charge < -0.3 is 9.64 Å². The number of carbonyl (C=O) groups is 1. The number of likely N-dealkylation sites (tertiary alicyclic amines) is 1. The van der Waals surface area contributed by atoms with Crippen molar-refractivity contribution >= 4 is 5.97 Å². The van der Waals surface area contributed by atoms with Crippen LogP contribution in [-0.4, -0.2) is 49.2 Å². The number of nitrogens with zero attached hydrogens (tertiary/aromatic N) is 1. The second-order valence-electron chi connectivity index (χ2n) is 4.76. The lowest BCUT2D eigenvalue weighted by Gasteiger charge is -2.42. The second-order valence-corrected chi connectivity index (χ2v) is 4.76. The number of carbonyl (C=O) groups excluding carboxylic acids is 1. The Morgan fingerprint density at radius 1 is 1.71 bits per heavy atom. The standard InChI is InChI=1S/C13H24N2O2/c1-5-8-14-13(12(16)17-6-2)7-9-15(4)11(3)10-13/h5,11,14H,1,6-10H2,2-4H3. The molecule has 0 aromatic heterocycles. The van der Waals surface area contributed by atoms with Gasteiger partial charge in [0.25, 0.3) is 0 Å². The Bertz CT molecular complexity index is 281. The number of esters is 1. The minimum atomic E-state index is -0.532. The highest BCUT2D eigenvalue weighted by Crippen LogP contribution is 2.27. The number of nitrogens with one attached hydrogen (secondary N) is 1. The largest absolute Gasteiger partial charge is 0.465 e. The molecule has 0 amide bonds. The van der Waals surface area contributed by atoms with E-state index in [1.165, 1.54) is 0 Å². The Kier molecular flexibility index (Phi) is 5.15. The van der Waals surface area contributed by atoms with Gasteiger partial charge in [0.05, 0.1) is 6.61 Å². The Morgan fingerprint density at radius 3 is 2.94 bits per heavy atom. The van der Waals surface area contributed by atoms with Crippen LogP contribution in [0.3, 0.4) is 0 Å². The van der Waals surface area contributed by atoms with Crippen LogP contribution in [0, 0.1) is 0 Å². The molecule has 98 valence electrons. The summed E-state index contributed by atoms with van der Waals surface area (Å²) in [6.45, 7) is 9.65. The van der Waals surface area contributed by atoms with Crippen LogP contribution in [0.15, 0.2) is 12.7 Å². The van der Waals surface area contributed by atoms with E-state index < -0.39 is 5.54 Å². The molecule has 4 heteroatoms. The van der Waals surface area contributed by atoms with Crippen LogP contribution >= 0.6 is 0 Å². The summed E-state index contributed by atoms with van der Waals surface area (Å²) in [6.07, 6.45) is 3.36. The molecule has 0 aromatic rings. The number of piperidine rings is 1. The fourth-order valence-corrected chi connectivity index (χ4v) is 2.30. The molecule has 0 radical (unpaired) electrons. The Hall–Kier alpha value is -0.870. The molecule has 2 unspecified atom stereocenters. The van der Waals surface area contributed by atoms with E-state index in [1.54, 1.807) is 6.08 Å². The van der Waals surface area contributed by atoms with Gasteiger partial charge in [-0.1, -0.05) is 6.08 Å². The first-order valence-electron chi connectivity index (χ1n) is 6.29. The van der Waals surface area contributed by atoms with Gasteiger partial charge in [0.2, 0.25) is 0 Å². The third kappa shape index (κ3) is 3.30. The molecule has 17 heavy (non-hydrogen) atoms. The van der Waals surface area contributed by atoms with E-state index in [2.05, 4.69) is 30.8 Å². The highest BCUT2D eigenvalue weighted by molar-refractivity contribution is 5.81. The lowest BCUT2D eigenvalue weighted by molar-refractivity contribution is -0.154. The molecule has 1 N–H and O–H groups in total. The quantitative estimate of drug-likeness (QED) is 0.579. The maximum Gasteiger partial charge on any atom is 0.326 e. The third-order valence-electron chi connectivity index (χ3n) is 3.54. The molecule has 4 nitrogen and oxygen atoms in total. The van der Waals surface area contributed by atoms with Gasteiger partial charge in [0.1, 0.15) is 5.54 Å². The van der Waals surface area contributed by atoms with Crippen LogP contribution in [0.4, 0.5) is 0 Å². The Morgan fingerprint density at radius 2 is 2.41 bits per heavy atom. The van der Waals surface area contributed by atoms with E-state index in [1.807, 2.05) is 6.92 Å². The predicted octanol–water partition coefficient (Wildman–Crippen LogP) is 1.18. The molecule has 1 aliphatic heterocycles. The van der Waals surface area contributed by atoms with E-state index in [-0.39, 0.29) is 5.97 Å². The van der Waals surface area contributed by atoms with Gasteiger partial charge >= 0.3 is 5.97 Å². The molecule has 1 aliphatic rings. The van der Waals surface area contributed by atoms with E-state index in [0.717, 1.165) is 19.4 Å². The highest BCUT2D eigenvalue weighted by atomic mass is 16.5. The SMILES string of the molecule is C=CCNC1(C(=O)OCC)CCN(C)C(C)C1. The number of hydrogen-bond acceptors (Lipinski definition) is 4. The fourth-order valence-electron chi connectivity index (χ4n) is 2.30. The number of hydrogen-bond donors (Lipinski definition) is 1. The number of ether oxygens (including phenoxy) is 1. The zero-order valence-electron chi connectivity index (χ0n) is 11.2. The van der Waals surface area contributed by atoms with Crippen molar-refractivity contribution in [3.05, 3.63) is 12.7 Å². The molecular formula is C13H24N2O2. The molecule has 1 rings (SSSR count). The molecular weight excluding hydrogens is 216 g/mol. The normalized spacial score (nSPS) is 29.9. The Balaban J connectivity index is 2.78. The highest BCUT2D eigenvalue weighted by Gasteiger charge is 2.43. The summed E-state index contributed by atoms with van der Waals surface area (Å²) in [5, 5.41) is 3.30. The van der Waals surface area contributed by atoms with Crippen molar-refractivity contribution in [3.63, 3.8) is 0 Å². The van der Waals surface area contributed by atoms with Crippen molar-refractivity contribution in [2.45, 2.75) is 38.3 Å². The van der Waals surface area contributed by atoms with Crippen molar-refractivity contribution < 1.29 is 9.53 Å². The molecule has 1 saturated heterocycles. The second kappa shape index (κ2) is 6.17. The van der Waals surface area contributed by atoms with Gasteiger partial charge in [-0.05, 0) is 33.7 Å². The van der Waals surface area contributed by atoms with E-state index in [0.29, 0.717) is 19.2 Å². The first-order valence-corrected chi connectivity index (χ1v) is 6.29. The average molecular weight is 240 g/mol. The smallest absolute Gasteiger partial charge is 0.326 e. The summed E-state index contributed by atoms with van der Waals surface area (Å²) in [4.78, 5) is 14.4.